The number of aliphatic hydroxyl groups is 1. The molecule has 4 nitrogen and oxygen atoms in total. The Morgan fingerprint density at radius 1 is 1.05 bits per heavy atom. The Labute approximate surface area is 242 Å². The van der Waals surface area contributed by atoms with E-state index in [0.29, 0.717) is 6.61 Å². The molecule has 1 unspecified atom stereocenters. The Balaban J connectivity index is 0.00000320. The van der Waals surface area contributed by atoms with Crippen molar-refractivity contribution in [3.8, 4) is 16.9 Å². The van der Waals surface area contributed by atoms with Crippen LogP contribution in [0.5, 0.6) is 5.75 Å². The summed E-state index contributed by atoms with van der Waals surface area (Å²) in [5.74, 6) is -0.0169. The van der Waals surface area contributed by atoms with Gasteiger partial charge >= 0.3 is 29.6 Å². The standard InChI is InChI=1S/C32H36O4.Na/c1-20-15-26(36-14-13-33)16-21(2)31(20)27-6-4-5-24(22(27)3)9-7-23-8-10-28-25(17-23)19-32(11-12-32)29(28)18-30(34)35;/h4-6,8,10,15-17,29,33H,7,9,11-14,18-19H2,1-3H3,(H,34,35);/q;+1/p-1. The summed E-state index contributed by atoms with van der Waals surface area (Å²) in [5.41, 5.74) is 11.6. The van der Waals surface area contributed by atoms with Gasteiger partial charge in [-0.25, -0.2) is 0 Å². The van der Waals surface area contributed by atoms with Crippen LogP contribution in [0.25, 0.3) is 11.1 Å². The molecule has 188 valence electrons. The molecule has 1 fully saturated rings. The fourth-order valence-corrected chi connectivity index (χ4v) is 6.42. The van der Waals surface area contributed by atoms with E-state index in [1.807, 2.05) is 0 Å². The normalized spacial score (nSPS) is 16.8. The number of carbonyl (C=O) groups excluding carboxylic acids is 1. The van der Waals surface area contributed by atoms with Gasteiger partial charge in [0.1, 0.15) is 12.4 Å². The van der Waals surface area contributed by atoms with Crippen LogP contribution in [-0.2, 0) is 24.1 Å². The van der Waals surface area contributed by atoms with Gasteiger partial charge in [0, 0.05) is 5.97 Å². The van der Waals surface area contributed by atoms with Gasteiger partial charge in [-0.2, -0.15) is 0 Å². The van der Waals surface area contributed by atoms with Gasteiger partial charge in [0.25, 0.3) is 0 Å². The first-order valence-corrected chi connectivity index (χ1v) is 13.1. The minimum Gasteiger partial charge on any atom is -0.550 e. The average molecular weight is 507 g/mol. The van der Waals surface area contributed by atoms with E-state index in [1.165, 1.54) is 50.1 Å². The number of fused-ring (bicyclic) bond motifs is 1. The molecule has 37 heavy (non-hydrogen) atoms. The van der Waals surface area contributed by atoms with E-state index in [1.54, 1.807) is 0 Å². The minimum absolute atomic E-state index is 0. The van der Waals surface area contributed by atoms with Crippen molar-refractivity contribution in [2.45, 2.75) is 65.2 Å². The predicted octanol–water partition coefficient (Wildman–Crippen LogP) is 2.00. The largest absolute Gasteiger partial charge is 1.00 e. The number of carbonyl (C=O) groups is 1. The molecule has 0 radical (unpaired) electrons. The molecule has 5 heteroatoms. The van der Waals surface area contributed by atoms with E-state index < -0.39 is 5.97 Å². The Bertz CT molecular complexity index is 1290. The Hall–Kier alpha value is -2.11. The second-order valence-electron chi connectivity index (χ2n) is 10.8. The molecule has 0 heterocycles. The third kappa shape index (κ3) is 5.68. The maximum absolute atomic E-state index is 11.3. The molecule has 3 aromatic carbocycles. The third-order valence-corrected chi connectivity index (χ3v) is 8.39. The fourth-order valence-electron chi connectivity index (χ4n) is 6.42. The third-order valence-electron chi connectivity index (χ3n) is 8.39. The van der Waals surface area contributed by atoms with Crippen molar-refractivity contribution in [3.05, 3.63) is 87.5 Å². The molecule has 2 aliphatic rings. The van der Waals surface area contributed by atoms with Crippen molar-refractivity contribution in [1.82, 2.24) is 0 Å². The van der Waals surface area contributed by atoms with Crippen LogP contribution in [0.15, 0.2) is 48.5 Å². The van der Waals surface area contributed by atoms with Crippen molar-refractivity contribution >= 4 is 5.97 Å². The number of rotatable bonds is 9. The van der Waals surface area contributed by atoms with E-state index in [0.717, 1.165) is 37.9 Å². The summed E-state index contributed by atoms with van der Waals surface area (Å²) in [6, 6.07) is 17.4. The monoisotopic (exact) mass is 506 g/mol. The van der Waals surface area contributed by atoms with Crippen molar-refractivity contribution in [2.75, 3.05) is 13.2 Å². The first-order valence-electron chi connectivity index (χ1n) is 13.1. The maximum Gasteiger partial charge on any atom is 1.00 e. The van der Waals surface area contributed by atoms with Gasteiger partial charge in [-0.05, 0) is 133 Å². The molecule has 2 aliphatic carbocycles. The summed E-state index contributed by atoms with van der Waals surface area (Å²) in [4.78, 5) is 11.3. The molecular formula is C32H35NaO4. The van der Waals surface area contributed by atoms with Crippen molar-refractivity contribution in [3.63, 3.8) is 0 Å². The number of aryl methyl sites for hydroxylation is 4. The molecule has 0 bridgehead atoms. The van der Waals surface area contributed by atoms with Gasteiger partial charge in [0.2, 0.25) is 0 Å². The molecule has 0 saturated heterocycles. The number of hydrogen-bond donors (Lipinski definition) is 1. The molecule has 1 saturated carbocycles. The van der Waals surface area contributed by atoms with Crippen molar-refractivity contribution in [1.29, 1.82) is 0 Å². The van der Waals surface area contributed by atoms with Gasteiger partial charge in [0.15, 0.2) is 0 Å². The number of aliphatic hydroxyl groups excluding tert-OH is 1. The van der Waals surface area contributed by atoms with E-state index in [4.69, 9.17) is 9.84 Å². The number of ether oxygens (including phenoxy) is 1. The van der Waals surface area contributed by atoms with Crippen LogP contribution in [0.4, 0.5) is 0 Å². The maximum atomic E-state index is 11.3. The van der Waals surface area contributed by atoms with E-state index in [-0.39, 0.29) is 53.9 Å². The Morgan fingerprint density at radius 3 is 2.43 bits per heavy atom. The van der Waals surface area contributed by atoms with Gasteiger partial charge in [-0.15, -0.1) is 0 Å². The summed E-state index contributed by atoms with van der Waals surface area (Å²) in [7, 11) is 0. The van der Waals surface area contributed by atoms with Crippen molar-refractivity contribution in [2.24, 2.45) is 5.41 Å². The van der Waals surface area contributed by atoms with Crippen LogP contribution in [0.3, 0.4) is 0 Å². The number of carboxylic acids is 1. The van der Waals surface area contributed by atoms with Gasteiger partial charge in [0.05, 0.1) is 6.61 Å². The van der Waals surface area contributed by atoms with E-state index >= 15 is 0 Å². The van der Waals surface area contributed by atoms with Gasteiger partial charge < -0.3 is 19.7 Å². The van der Waals surface area contributed by atoms with Crippen LogP contribution in [0, 0.1) is 26.2 Å². The van der Waals surface area contributed by atoms with Gasteiger partial charge in [-0.3, -0.25) is 0 Å². The second-order valence-corrected chi connectivity index (χ2v) is 10.8. The van der Waals surface area contributed by atoms with E-state index in [2.05, 4.69) is 69.3 Å². The summed E-state index contributed by atoms with van der Waals surface area (Å²) in [6.07, 6.45) is 5.34. The molecule has 1 N–H and O–H groups in total. The summed E-state index contributed by atoms with van der Waals surface area (Å²) in [6.45, 7) is 6.75. The smallest absolute Gasteiger partial charge is 0.550 e. The zero-order valence-corrected chi connectivity index (χ0v) is 24.5. The van der Waals surface area contributed by atoms with Crippen LogP contribution >= 0.6 is 0 Å². The van der Waals surface area contributed by atoms with Crippen LogP contribution in [0.1, 0.15) is 64.1 Å². The first kappa shape index (κ1) is 27.9. The predicted molar refractivity (Wildman–Crippen MR) is 140 cm³/mol. The summed E-state index contributed by atoms with van der Waals surface area (Å²) < 4.78 is 5.64. The summed E-state index contributed by atoms with van der Waals surface area (Å²) in [5, 5.41) is 20.4. The molecule has 0 amide bonds. The number of aliphatic carboxylic acids is 1. The molecular weight excluding hydrogens is 471 g/mol. The zero-order chi connectivity index (χ0) is 25.4. The quantitative estimate of drug-likeness (QED) is 0.451. The number of carboxylic acid groups (broad SMARTS) is 1. The molecule has 3 aromatic rings. The number of hydrogen-bond acceptors (Lipinski definition) is 4. The molecule has 5 rings (SSSR count). The van der Waals surface area contributed by atoms with Gasteiger partial charge in [-0.1, -0.05) is 36.4 Å². The van der Waals surface area contributed by atoms with Crippen molar-refractivity contribution < 1.29 is 49.3 Å². The molecule has 1 spiro atoms. The average Bonchev–Trinajstić information content (AvgIpc) is 3.55. The second kappa shape index (κ2) is 11.3. The SMILES string of the molecule is Cc1cc(OCCO)cc(C)c1-c1cccc(CCc2ccc3c(c2)CC2(CC2)C3CC(=O)[O-])c1C.[Na+]. The molecule has 1 atom stereocenters. The topological polar surface area (TPSA) is 69.6 Å². The first-order chi connectivity index (χ1) is 17.3. The molecule has 0 aromatic heterocycles. The zero-order valence-electron chi connectivity index (χ0n) is 22.5. The summed E-state index contributed by atoms with van der Waals surface area (Å²) >= 11 is 0. The van der Waals surface area contributed by atoms with Crippen LogP contribution in [-0.4, -0.2) is 24.3 Å². The van der Waals surface area contributed by atoms with Crippen LogP contribution in [0.2, 0.25) is 0 Å². The minimum atomic E-state index is -0.934. The Kier molecular flexibility index (Phi) is 8.55. The van der Waals surface area contributed by atoms with Crippen LogP contribution < -0.4 is 39.4 Å². The fraction of sp³-hybridized carbons (Fsp3) is 0.406. The number of benzene rings is 3. The Morgan fingerprint density at radius 2 is 1.78 bits per heavy atom. The molecule has 0 aliphatic heterocycles. The van der Waals surface area contributed by atoms with E-state index in [9.17, 15) is 9.90 Å².